The molecule has 4 nitrogen and oxygen atoms in total. The molecule has 2 aromatic rings. The van der Waals surface area contributed by atoms with Gasteiger partial charge in [0, 0.05) is 0 Å². The van der Waals surface area contributed by atoms with Gasteiger partial charge in [-0.25, -0.2) is 4.98 Å². The summed E-state index contributed by atoms with van der Waals surface area (Å²) in [6.45, 7) is 0.915. The Balaban J connectivity index is 2.12. The number of para-hydroxylation sites is 1. The highest BCUT2D eigenvalue weighted by Gasteiger charge is 2.07. The number of carbonyl (C=O) groups is 1. The molecule has 0 saturated heterocycles. The number of benzene rings is 1. The van der Waals surface area contributed by atoms with Crippen molar-refractivity contribution in [2.24, 2.45) is 5.73 Å². The number of nitrogens with zero attached hydrogens (tertiary/aromatic N) is 2. The molecule has 0 aliphatic rings. The number of fused-ring (bicyclic) bond motifs is 1. The van der Waals surface area contributed by atoms with Gasteiger partial charge < -0.3 is 5.73 Å². The lowest BCUT2D eigenvalue weighted by atomic mass is 10.3. The van der Waals surface area contributed by atoms with Crippen LogP contribution in [0, 0.1) is 0 Å². The number of likely N-dealkylation sites (N-methyl/N-ethyl adjacent to an activating group) is 1. The molecule has 1 amide bonds. The van der Waals surface area contributed by atoms with E-state index >= 15 is 0 Å². The lowest BCUT2D eigenvalue weighted by molar-refractivity contribution is -0.118. The maximum Gasteiger partial charge on any atom is 0.231 e. The third kappa shape index (κ3) is 2.56. The molecule has 0 spiro atoms. The lowest BCUT2D eigenvalue weighted by Gasteiger charge is -2.11. The second kappa shape index (κ2) is 4.59. The summed E-state index contributed by atoms with van der Waals surface area (Å²) in [4.78, 5) is 17.1. The van der Waals surface area contributed by atoms with Crippen molar-refractivity contribution in [2.75, 3.05) is 13.6 Å². The van der Waals surface area contributed by atoms with E-state index in [9.17, 15) is 4.79 Å². The third-order valence-corrected chi connectivity index (χ3v) is 3.19. The fourth-order valence-electron chi connectivity index (χ4n) is 1.54. The monoisotopic (exact) mass is 235 g/mol. The van der Waals surface area contributed by atoms with Gasteiger partial charge in [-0.1, -0.05) is 12.1 Å². The molecule has 0 fully saturated rings. The molecule has 84 valence electrons. The smallest absolute Gasteiger partial charge is 0.231 e. The summed E-state index contributed by atoms with van der Waals surface area (Å²) < 4.78 is 1.17. The zero-order chi connectivity index (χ0) is 11.5. The van der Waals surface area contributed by atoms with Crippen molar-refractivity contribution in [1.82, 2.24) is 9.88 Å². The number of hydrogen-bond donors (Lipinski definition) is 1. The number of nitrogens with two attached hydrogens (primary N) is 1. The van der Waals surface area contributed by atoms with Crippen LogP contribution in [0.3, 0.4) is 0 Å². The predicted octanol–water partition coefficient (Wildman–Crippen LogP) is 1.21. The minimum atomic E-state index is -0.316. The minimum Gasteiger partial charge on any atom is -0.369 e. The quantitative estimate of drug-likeness (QED) is 0.866. The molecule has 0 radical (unpaired) electrons. The minimum absolute atomic E-state index is 0.260. The number of amides is 1. The van der Waals surface area contributed by atoms with Crippen LogP contribution in [-0.4, -0.2) is 29.4 Å². The molecule has 2 N–H and O–H groups in total. The Morgan fingerprint density at radius 2 is 2.25 bits per heavy atom. The molecule has 1 aromatic heterocycles. The zero-order valence-corrected chi connectivity index (χ0v) is 9.83. The van der Waals surface area contributed by atoms with Gasteiger partial charge in [-0.2, -0.15) is 0 Å². The van der Waals surface area contributed by atoms with Gasteiger partial charge in [0.15, 0.2) is 0 Å². The van der Waals surface area contributed by atoms with Gasteiger partial charge in [0.05, 0.1) is 23.3 Å². The van der Waals surface area contributed by atoms with Crippen LogP contribution in [0.15, 0.2) is 24.3 Å². The molecule has 0 aliphatic heterocycles. The van der Waals surface area contributed by atoms with Crippen molar-refractivity contribution >= 4 is 27.5 Å². The highest BCUT2D eigenvalue weighted by Crippen LogP contribution is 2.22. The van der Waals surface area contributed by atoms with Crippen LogP contribution in [0.4, 0.5) is 0 Å². The Hall–Kier alpha value is -1.46. The van der Waals surface area contributed by atoms with E-state index in [-0.39, 0.29) is 12.5 Å². The van der Waals surface area contributed by atoms with Gasteiger partial charge in [-0.3, -0.25) is 9.69 Å². The Bertz CT molecular complexity index is 476. The molecular formula is C11H13N3OS. The van der Waals surface area contributed by atoms with Gasteiger partial charge in [0.1, 0.15) is 5.01 Å². The number of rotatable bonds is 4. The maximum absolute atomic E-state index is 10.7. The van der Waals surface area contributed by atoms with Crippen LogP contribution in [0.2, 0.25) is 0 Å². The molecule has 5 heteroatoms. The summed E-state index contributed by atoms with van der Waals surface area (Å²) in [6.07, 6.45) is 0. The molecule has 1 heterocycles. The average molecular weight is 235 g/mol. The van der Waals surface area contributed by atoms with Crippen LogP contribution in [0.5, 0.6) is 0 Å². The van der Waals surface area contributed by atoms with Gasteiger partial charge in [0.25, 0.3) is 0 Å². The third-order valence-electron chi connectivity index (χ3n) is 2.17. The van der Waals surface area contributed by atoms with E-state index < -0.39 is 0 Å². The molecule has 2 rings (SSSR count). The van der Waals surface area contributed by atoms with Crippen molar-refractivity contribution in [3.8, 4) is 0 Å². The van der Waals surface area contributed by atoms with Crippen molar-refractivity contribution in [3.63, 3.8) is 0 Å². The highest BCUT2D eigenvalue weighted by atomic mass is 32.1. The average Bonchev–Trinajstić information content (AvgIpc) is 2.57. The summed E-state index contributed by atoms with van der Waals surface area (Å²) in [7, 11) is 1.86. The normalized spacial score (nSPS) is 11.1. The summed E-state index contributed by atoms with van der Waals surface area (Å²) in [5.74, 6) is -0.316. The summed E-state index contributed by atoms with van der Waals surface area (Å²) >= 11 is 1.65. The Morgan fingerprint density at radius 3 is 2.94 bits per heavy atom. The predicted molar refractivity (Wildman–Crippen MR) is 65.1 cm³/mol. The van der Waals surface area contributed by atoms with E-state index in [0.717, 1.165) is 10.5 Å². The SMILES string of the molecule is CN(CC(N)=O)Cc1nc2ccccc2s1. The molecule has 0 aliphatic carbocycles. The Morgan fingerprint density at radius 1 is 1.50 bits per heavy atom. The number of thiazole rings is 1. The van der Waals surface area contributed by atoms with E-state index in [1.165, 1.54) is 4.70 Å². The number of primary amides is 1. The largest absolute Gasteiger partial charge is 0.369 e. The molecule has 0 saturated carbocycles. The van der Waals surface area contributed by atoms with E-state index in [1.807, 2.05) is 36.2 Å². The maximum atomic E-state index is 10.7. The topological polar surface area (TPSA) is 59.2 Å². The Kier molecular flexibility index (Phi) is 3.17. The fraction of sp³-hybridized carbons (Fsp3) is 0.273. The molecule has 16 heavy (non-hydrogen) atoms. The lowest BCUT2D eigenvalue weighted by Crippen LogP contribution is -2.30. The van der Waals surface area contributed by atoms with Crippen molar-refractivity contribution < 1.29 is 4.79 Å². The van der Waals surface area contributed by atoms with Crippen LogP contribution in [0.25, 0.3) is 10.2 Å². The zero-order valence-electron chi connectivity index (χ0n) is 9.01. The van der Waals surface area contributed by atoms with E-state index in [4.69, 9.17) is 5.73 Å². The molecule has 1 aromatic carbocycles. The van der Waals surface area contributed by atoms with Crippen LogP contribution in [0.1, 0.15) is 5.01 Å². The second-order valence-corrected chi connectivity index (χ2v) is 4.83. The van der Waals surface area contributed by atoms with Gasteiger partial charge in [-0.05, 0) is 19.2 Å². The first-order valence-electron chi connectivity index (χ1n) is 4.96. The summed E-state index contributed by atoms with van der Waals surface area (Å²) in [6, 6.07) is 8.00. The number of aromatic nitrogens is 1. The molecular weight excluding hydrogens is 222 g/mol. The van der Waals surface area contributed by atoms with Crippen LogP contribution >= 0.6 is 11.3 Å². The second-order valence-electron chi connectivity index (χ2n) is 3.71. The fourth-order valence-corrected chi connectivity index (χ4v) is 2.59. The first-order valence-corrected chi connectivity index (χ1v) is 5.78. The summed E-state index contributed by atoms with van der Waals surface area (Å²) in [5.41, 5.74) is 6.13. The van der Waals surface area contributed by atoms with E-state index in [2.05, 4.69) is 4.98 Å². The number of carbonyl (C=O) groups excluding carboxylic acids is 1. The summed E-state index contributed by atoms with van der Waals surface area (Å²) in [5, 5.41) is 1.00. The van der Waals surface area contributed by atoms with Crippen LogP contribution in [-0.2, 0) is 11.3 Å². The van der Waals surface area contributed by atoms with Crippen molar-refractivity contribution in [3.05, 3.63) is 29.3 Å². The highest BCUT2D eigenvalue weighted by molar-refractivity contribution is 7.18. The van der Waals surface area contributed by atoms with Gasteiger partial charge in [-0.15, -0.1) is 11.3 Å². The van der Waals surface area contributed by atoms with Gasteiger partial charge >= 0.3 is 0 Å². The van der Waals surface area contributed by atoms with Crippen LogP contribution < -0.4 is 5.73 Å². The molecule has 0 atom stereocenters. The van der Waals surface area contributed by atoms with E-state index in [1.54, 1.807) is 11.3 Å². The Labute approximate surface area is 97.7 Å². The molecule has 0 unspecified atom stereocenters. The molecule has 0 bridgehead atoms. The first-order chi connectivity index (χ1) is 7.65. The standard InChI is InChI=1S/C11H13N3OS/c1-14(6-10(12)15)7-11-13-8-4-2-3-5-9(8)16-11/h2-5H,6-7H2,1H3,(H2,12,15). The van der Waals surface area contributed by atoms with Gasteiger partial charge in [0.2, 0.25) is 5.91 Å². The van der Waals surface area contributed by atoms with Crippen molar-refractivity contribution in [1.29, 1.82) is 0 Å². The number of hydrogen-bond acceptors (Lipinski definition) is 4. The van der Waals surface area contributed by atoms with Crippen molar-refractivity contribution in [2.45, 2.75) is 6.54 Å². The van der Waals surface area contributed by atoms with E-state index in [0.29, 0.717) is 6.54 Å². The first kappa shape index (κ1) is 11.0.